The Morgan fingerprint density at radius 3 is 1.52 bits per heavy atom. The van der Waals surface area contributed by atoms with Gasteiger partial charge in [0.25, 0.3) is 0 Å². The summed E-state index contributed by atoms with van der Waals surface area (Å²) in [6, 6.07) is 46.3. The normalized spacial score (nSPS) is 14.5. The molecule has 2 atom stereocenters. The maximum absolute atomic E-state index is 13.4. The number of anilines is 1. The van der Waals surface area contributed by atoms with Gasteiger partial charge in [-0.2, -0.15) is 0 Å². The Labute approximate surface area is 483 Å². The van der Waals surface area contributed by atoms with Crippen LogP contribution in [0.25, 0.3) is 66.8 Å². The number of halogens is 5. The summed E-state index contributed by atoms with van der Waals surface area (Å²) < 4.78 is 10.7. The Balaban J connectivity index is 0.000000172. The second-order valence-electron chi connectivity index (χ2n) is 18.1. The van der Waals surface area contributed by atoms with Crippen molar-refractivity contribution in [2.24, 2.45) is 0 Å². The molecule has 79 heavy (non-hydrogen) atoms. The monoisotopic (exact) mass is 1150 g/mol. The van der Waals surface area contributed by atoms with E-state index in [1.54, 1.807) is 56.0 Å². The van der Waals surface area contributed by atoms with E-state index >= 15 is 0 Å². The molecule has 2 amide bonds. The number of benzene rings is 6. The van der Waals surface area contributed by atoms with Gasteiger partial charge in [-0.3, -0.25) is 24.5 Å². The van der Waals surface area contributed by atoms with Gasteiger partial charge in [0, 0.05) is 84.5 Å². The van der Waals surface area contributed by atoms with E-state index in [2.05, 4.69) is 25.3 Å². The summed E-state index contributed by atoms with van der Waals surface area (Å²) in [6.07, 6.45) is 7.76. The van der Waals surface area contributed by atoms with E-state index in [9.17, 15) is 9.59 Å². The summed E-state index contributed by atoms with van der Waals surface area (Å²) in [5, 5.41) is 6.88. The van der Waals surface area contributed by atoms with Crippen molar-refractivity contribution in [1.82, 2.24) is 35.2 Å². The summed E-state index contributed by atoms with van der Waals surface area (Å²) in [5.74, 6) is 3.53. The van der Waals surface area contributed by atoms with Crippen LogP contribution in [0.3, 0.4) is 0 Å². The lowest BCUT2D eigenvalue weighted by atomic mass is 9.98. The van der Waals surface area contributed by atoms with E-state index in [4.69, 9.17) is 77.4 Å². The zero-order chi connectivity index (χ0) is 53.6. The van der Waals surface area contributed by atoms with E-state index in [1.165, 1.54) is 0 Å². The van der Waals surface area contributed by atoms with E-state index < -0.39 is 0 Å². The SMILES string of the molecule is C.C.COc1cccc(-c2ccc3nc(-c4cccnc4)nc(Cl)c3c2)c1.COc1cccc(-c2ccc3nc(-c4cccnc4)nc(N4CC(c5ccc(Cl)c(Cl)c5)CC4=O)c3c2)c1.O=C1CC(c2ccc(Cl)c(Cl)c2)CN1. The van der Waals surface area contributed by atoms with Gasteiger partial charge in [-0.05, 0) is 130 Å². The van der Waals surface area contributed by atoms with Crippen molar-refractivity contribution in [2.45, 2.75) is 39.5 Å². The first-order chi connectivity index (χ1) is 37.4. The highest BCUT2D eigenvalue weighted by atomic mass is 35.5. The van der Waals surface area contributed by atoms with Crippen molar-refractivity contribution in [3.8, 4) is 56.5 Å². The van der Waals surface area contributed by atoms with Crippen molar-refractivity contribution in [3.05, 3.63) is 207 Å². The van der Waals surface area contributed by atoms with Crippen LogP contribution in [0.4, 0.5) is 5.82 Å². The highest BCUT2D eigenvalue weighted by molar-refractivity contribution is 6.42. The Morgan fingerprint density at radius 1 is 0.506 bits per heavy atom. The second-order valence-corrected chi connectivity index (χ2v) is 20.1. The van der Waals surface area contributed by atoms with Crippen LogP contribution < -0.4 is 19.7 Å². The molecular weight excluding hydrogens is 1100 g/mol. The number of amides is 2. The molecule has 2 aliphatic heterocycles. The maximum atomic E-state index is 13.4. The molecule has 0 spiro atoms. The van der Waals surface area contributed by atoms with Gasteiger partial charge in [-0.1, -0.05) is 121 Å². The molecule has 2 aliphatic rings. The zero-order valence-corrected chi connectivity index (χ0v) is 45.1. The molecule has 2 fully saturated rings. The largest absolute Gasteiger partial charge is 0.497 e. The average molecular weight is 1150 g/mol. The number of hydrogen-bond acceptors (Lipinski definition) is 10. The minimum absolute atomic E-state index is 0. The van der Waals surface area contributed by atoms with Crippen LogP contribution in [0, 0.1) is 0 Å². The third-order valence-corrected chi connectivity index (χ3v) is 14.9. The van der Waals surface area contributed by atoms with Crippen molar-refractivity contribution >= 4 is 97.4 Å². The van der Waals surface area contributed by atoms with Gasteiger partial charge in [0.1, 0.15) is 22.5 Å². The third kappa shape index (κ3) is 13.2. The number of nitrogens with zero attached hydrogens (tertiary/aromatic N) is 7. The number of carbonyl (C=O) groups excluding carboxylic acids is 2. The molecule has 2 saturated heterocycles. The van der Waals surface area contributed by atoms with Crippen LogP contribution in [-0.4, -0.2) is 69.0 Å². The molecule has 6 heterocycles. The van der Waals surface area contributed by atoms with Gasteiger partial charge in [-0.15, -0.1) is 0 Å². The number of fused-ring (bicyclic) bond motifs is 2. The highest BCUT2D eigenvalue weighted by Gasteiger charge is 2.34. The average Bonchev–Trinajstić information content (AvgIpc) is 4.22. The minimum atomic E-state index is -0.0364. The van der Waals surface area contributed by atoms with Crippen LogP contribution in [0.1, 0.15) is 50.7 Å². The lowest BCUT2D eigenvalue weighted by Gasteiger charge is -2.19. The number of nitrogens with one attached hydrogen (secondary N) is 1. The summed E-state index contributed by atoms with van der Waals surface area (Å²) in [5.41, 5.74) is 9.24. The third-order valence-electron chi connectivity index (χ3n) is 13.2. The first kappa shape index (κ1) is 57.5. The number of rotatable bonds is 9. The molecule has 0 radical (unpaired) electrons. The number of ether oxygens (including phenoxy) is 2. The second kappa shape index (κ2) is 25.8. The molecule has 12 nitrogen and oxygen atoms in total. The van der Waals surface area contributed by atoms with Gasteiger partial charge in [-0.25, -0.2) is 19.9 Å². The molecule has 12 rings (SSSR count). The van der Waals surface area contributed by atoms with Crippen molar-refractivity contribution in [1.29, 1.82) is 0 Å². The molecule has 1 N–H and O–H groups in total. The van der Waals surface area contributed by atoms with E-state index in [0.717, 1.165) is 77.8 Å². The molecular formula is C62H53Cl5N8O4. The molecule has 4 aromatic heterocycles. The minimum Gasteiger partial charge on any atom is -0.497 e. The van der Waals surface area contributed by atoms with Gasteiger partial charge < -0.3 is 14.8 Å². The summed E-state index contributed by atoms with van der Waals surface area (Å²) in [6.45, 7) is 1.16. The Kier molecular flexibility index (Phi) is 18.8. The van der Waals surface area contributed by atoms with E-state index in [0.29, 0.717) is 68.6 Å². The number of carbonyl (C=O) groups is 2. The van der Waals surface area contributed by atoms with Crippen LogP contribution in [0.2, 0.25) is 25.2 Å². The van der Waals surface area contributed by atoms with Crippen LogP contribution in [-0.2, 0) is 9.59 Å². The number of methoxy groups -OCH3 is 2. The molecule has 2 unspecified atom stereocenters. The first-order valence-electron chi connectivity index (χ1n) is 24.3. The maximum Gasteiger partial charge on any atom is 0.228 e. The molecule has 10 aromatic rings. The fourth-order valence-electron chi connectivity index (χ4n) is 9.13. The number of pyridine rings is 2. The van der Waals surface area contributed by atoms with Crippen LogP contribution in [0.5, 0.6) is 11.5 Å². The fourth-order valence-corrected chi connectivity index (χ4v) is 9.98. The molecule has 0 aliphatic carbocycles. The van der Waals surface area contributed by atoms with Gasteiger partial charge >= 0.3 is 0 Å². The van der Waals surface area contributed by atoms with Crippen LogP contribution in [0.15, 0.2) is 170 Å². The molecule has 17 heteroatoms. The smallest absolute Gasteiger partial charge is 0.228 e. The molecule has 0 bridgehead atoms. The van der Waals surface area contributed by atoms with Gasteiger partial charge in [0.05, 0.1) is 45.3 Å². The summed E-state index contributed by atoms with van der Waals surface area (Å²) in [7, 11) is 3.30. The van der Waals surface area contributed by atoms with Gasteiger partial charge in [0.2, 0.25) is 11.8 Å². The number of hydrogen-bond donors (Lipinski definition) is 1. The number of aromatic nitrogens is 6. The standard InChI is InChI=1S/C30H22Cl2N4O2.C20H14ClN3O.C10H9Cl2NO.2CH4/c1-38-23-6-2-4-18(12-23)19-8-10-27-24(13-19)30(35-29(34-27)21-5-3-11-33-16-21)36-17-22(15-28(36)37)20-7-9-25(31)26(32)14-20;1-25-16-6-2-4-13(10-16)14-7-8-18-17(11-14)19(21)24-20(23-18)15-5-3-9-22-12-15;11-8-2-1-6(3-9(8)12)7-4-10(14)13-5-7;;/h2-14,16,22H,15,17H2,1H3;2-12H,1H3;1-3,7H,4-5H2,(H,13,14);2*1H4. The van der Waals surface area contributed by atoms with Crippen molar-refractivity contribution in [3.63, 3.8) is 0 Å². The zero-order valence-electron chi connectivity index (χ0n) is 41.3. The lowest BCUT2D eigenvalue weighted by Crippen LogP contribution is -2.26. The fraction of sp³-hybridized carbons (Fsp3) is 0.161. The first-order valence-corrected chi connectivity index (χ1v) is 26.2. The Morgan fingerprint density at radius 2 is 1.01 bits per heavy atom. The topological polar surface area (TPSA) is 145 Å². The lowest BCUT2D eigenvalue weighted by molar-refractivity contribution is -0.119. The van der Waals surface area contributed by atoms with Crippen molar-refractivity contribution in [2.75, 3.05) is 32.2 Å². The predicted octanol–water partition coefficient (Wildman–Crippen LogP) is 16.1. The Bertz CT molecular complexity index is 3820. The molecule has 400 valence electrons. The molecule has 0 saturated carbocycles. The van der Waals surface area contributed by atoms with Gasteiger partial charge in [0.15, 0.2) is 11.6 Å². The Hall–Kier alpha value is -7.71. The van der Waals surface area contributed by atoms with Crippen LogP contribution >= 0.6 is 58.0 Å². The predicted molar refractivity (Wildman–Crippen MR) is 321 cm³/mol. The summed E-state index contributed by atoms with van der Waals surface area (Å²) >= 11 is 30.5. The quantitative estimate of drug-likeness (QED) is 0.139. The highest BCUT2D eigenvalue weighted by Crippen LogP contribution is 2.39. The van der Waals surface area contributed by atoms with Crippen molar-refractivity contribution < 1.29 is 19.1 Å². The molecule has 6 aromatic carbocycles. The van der Waals surface area contributed by atoms with E-state index in [-0.39, 0.29) is 38.5 Å². The van der Waals surface area contributed by atoms with E-state index in [1.807, 2.05) is 133 Å². The summed E-state index contributed by atoms with van der Waals surface area (Å²) in [4.78, 5) is 53.3.